The smallest absolute Gasteiger partial charge is 0.272 e. The molecule has 5 rings (SSSR count). The summed E-state index contributed by atoms with van der Waals surface area (Å²) in [4.78, 5) is 21.3. The number of amides is 1. The van der Waals surface area contributed by atoms with Crippen LogP contribution in [0.1, 0.15) is 16.3 Å². The first kappa shape index (κ1) is 22.4. The minimum absolute atomic E-state index is 0.0951. The second kappa shape index (κ2) is 9.45. The third-order valence-electron chi connectivity index (χ3n) is 6.09. The molecule has 0 radical (unpaired) electrons. The Labute approximate surface area is 202 Å². The fourth-order valence-corrected chi connectivity index (χ4v) is 4.13. The van der Waals surface area contributed by atoms with Gasteiger partial charge in [0, 0.05) is 44.1 Å². The molecule has 11 heteroatoms. The number of nitrogens with zero attached hydrogens (tertiary/aromatic N) is 7. The van der Waals surface area contributed by atoms with Gasteiger partial charge in [-0.25, -0.2) is 4.98 Å². The number of carbonyl (C=O) groups excluding carboxylic acids is 1. The molecule has 1 amide bonds. The Morgan fingerprint density at radius 2 is 1.74 bits per heavy atom. The highest BCUT2D eigenvalue weighted by Crippen LogP contribution is 2.32. The molecular weight excluding hydrogens is 448 g/mol. The van der Waals surface area contributed by atoms with Crippen molar-refractivity contribution in [3.05, 3.63) is 60.3 Å². The zero-order valence-electron chi connectivity index (χ0n) is 19.8. The van der Waals surface area contributed by atoms with Crippen molar-refractivity contribution < 1.29 is 14.3 Å². The van der Waals surface area contributed by atoms with Crippen LogP contribution in [-0.4, -0.2) is 81.2 Å². The van der Waals surface area contributed by atoms with Gasteiger partial charge in [-0.1, -0.05) is 0 Å². The van der Waals surface area contributed by atoms with Gasteiger partial charge in [0.2, 0.25) is 0 Å². The molecule has 1 fully saturated rings. The number of aromatic amines is 1. The number of H-pyrrole nitrogens is 1. The summed E-state index contributed by atoms with van der Waals surface area (Å²) in [5, 5.41) is 15.9. The van der Waals surface area contributed by atoms with Crippen LogP contribution in [0.4, 0.5) is 5.82 Å². The van der Waals surface area contributed by atoms with Crippen LogP contribution in [0.2, 0.25) is 0 Å². The highest BCUT2D eigenvalue weighted by atomic mass is 16.5. The Bertz CT molecular complexity index is 1320. The first-order valence-electron chi connectivity index (χ1n) is 11.2. The lowest BCUT2D eigenvalue weighted by atomic mass is 10.1. The van der Waals surface area contributed by atoms with E-state index in [0.29, 0.717) is 49.1 Å². The van der Waals surface area contributed by atoms with E-state index in [1.165, 1.54) is 0 Å². The summed E-state index contributed by atoms with van der Waals surface area (Å²) in [6, 6.07) is 11.1. The van der Waals surface area contributed by atoms with Crippen molar-refractivity contribution in [2.45, 2.75) is 6.92 Å². The van der Waals surface area contributed by atoms with Crippen LogP contribution in [0, 0.1) is 6.92 Å². The maximum atomic E-state index is 13.1. The number of nitrogens with one attached hydrogen (secondary N) is 1. The number of aromatic nitrogens is 6. The normalized spacial score (nSPS) is 13.7. The Balaban J connectivity index is 1.24. The lowest BCUT2D eigenvalue weighted by Crippen LogP contribution is -2.49. The molecule has 0 aliphatic carbocycles. The quantitative estimate of drug-likeness (QED) is 0.453. The molecule has 4 heterocycles. The number of piperazine rings is 1. The van der Waals surface area contributed by atoms with E-state index < -0.39 is 0 Å². The number of benzene rings is 1. The minimum Gasteiger partial charge on any atom is -0.497 e. The molecular formula is C24H26N8O3. The topological polar surface area (TPSA) is 114 Å². The van der Waals surface area contributed by atoms with Gasteiger partial charge in [0.25, 0.3) is 5.91 Å². The second-order valence-electron chi connectivity index (χ2n) is 8.11. The molecule has 0 spiro atoms. The van der Waals surface area contributed by atoms with Crippen molar-refractivity contribution in [2.24, 2.45) is 0 Å². The van der Waals surface area contributed by atoms with Gasteiger partial charge >= 0.3 is 0 Å². The van der Waals surface area contributed by atoms with Gasteiger partial charge < -0.3 is 19.3 Å². The van der Waals surface area contributed by atoms with Crippen LogP contribution in [0.25, 0.3) is 17.1 Å². The van der Waals surface area contributed by atoms with Crippen LogP contribution in [-0.2, 0) is 0 Å². The molecule has 3 aromatic heterocycles. The fourth-order valence-electron chi connectivity index (χ4n) is 4.13. The second-order valence-corrected chi connectivity index (χ2v) is 8.11. The van der Waals surface area contributed by atoms with Gasteiger partial charge in [0.1, 0.15) is 23.0 Å². The maximum absolute atomic E-state index is 13.1. The molecule has 1 aromatic carbocycles. The first-order valence-corrected chi connectivity index (χ1v) is 11.2. The van der Waals surface area contributed by atoms with Crippen molar-refractivity contribution in [3.63, 3.8) is 0 Å². The largest absolute Gasteiger partial charge is 0.497 e. The molecule has 0 saturated carbocycles. The molecule has 11 nitrogen and oxygen atoms in total. The van der Waals surface area contributed by atoms with Gasteiger partial charge in [-0.05, 0) is 43.3 Å². The standard InChI is InChI=1S/C24H26N8O3/c1-16-25-8-9-32(16)23-7-6-22(28-29-23)30-10-12-31(13-11-30)24(33)20-15-19(26-27-20)18-14-17(34-2)4-5-21(18)35-3/h4-9,14-15H,10-13H2,1-3H3,(H,26,27). The zero-order chi connectivity index (χ0) is 24.4. The first-order chi connectivity index (χ1) is 17.1. The Kier molecular flexibility index (Phi) is 6.04. The summed E-state index contributed by atoms with van der Waals surface area (Å²) in [5.41, 5.74) is 1.80. The van der Waals surface area contributed by atoms with Crippen LogP contribution in [0.5, 0.6) is 11.5 Å². The molecule has 1 saturated heterocycles. The van der Waals surface area contributed by atoms with Crippen molar-refractivity contribution in [1.29, 1.82) is 0 Å². The summed E-state index contributed by atoms with van der Waals surface area (Å²) in [5.74, 6) is 3.60. The average Bonchev–Trinajstić information content (AvgIpc) is 3.57. The number of hydrogen-bond donors (Lipinski definition) is 1. The number of ether oxygens (including phenoxy) is 2. The van der Waals surface area contributed by atoms with E-state index in [0.717, 1.165) is 23.0 Å². The Morgan fingerprint density at radius 1 is 0.971 bits per heavy atom. The number of aryl methyl sites for hydroxylation is 1. The van der Waals surface area contributed by atoms with Gasteiger partial charge in [0.15, 0.2) is 11.6 Å². The van der Waals surface area contributed by atoms with Crippen LogP contribution >= 0.6 is 0 Å². The van der Waals surface area contributed by atoms with E-state index in [2.05, 4.69) is 30.3 Å². The molecule has 1 aliphatic rings. The summed E-state index contributed by atoms with van der Waals surface area (Å²) in [6.45, 7) is 4.38. The summed E-state index contributed by atoms with van der Waals surface area (Å²) in [6.07, 6.45) is 3.59. The number of carbonyl (C=O) groups is 1. The Hall–Kier alpha value is -4.41. The third-order valence-corrected chi connectivity index (χ3v) is 6.09. The van der Waals surface area contributed by atoms with Gasteiger partial charge in [0.05, 0.1) is 19.9 Å². The number of methoxy groups -OCH3 is 2. The minimum atomic E-state index is -0.0951. The van der Waals surface area contributed by atoms with Crippen molar-refractivity contribution in [1.82, 2.24) is 34.8 Å². The van der Waals surface area contributed by atoms with E-state index in [1.807, 2.05) is 52.9 Å². The predicted octanol–water partition coefficient (Wildman–Crippen LogP) is 2.34. The van der Waals surface area contributed by atoms with E-state index in [9.17, 15) is 4.79 Å². The molecule has 0 atom stereocenters. The molecule has 4 aromatic rings. The van der Waals surface area contributed by atoms with E-state index in [-0.39, 0.29) is 5.91 Å². The van der Waals surface area contributed by atoms with Crippen molar-refractivity contribution in [2.75, 3.05) is 45.3 Å². The number of imidazole rings is 1. The van der Waals surface area contributed by atoms with Gasteiger partial charge in [-0.3, -0.25) is 14.5 Å². The number of hydrogen-bond acceptors (Lipinski definition) is 8. The maximum Gasteiger partial charge on any atom is 0.272 e. The van der Waals surface area contributed by atoms with Crippen molar-refractivity contribution >= 4 is 11.7 Å². The lowest BCUT2D eigenvalue weighted by molar-refractivity contribution is 0.0740. The molecule has 0 unspecified atom stereocenters. The highest BCUT2D eigenvalue weighted by Gasteiger charge is 2.25. The fraction of sp³-hybridized carbons (Fsp3) is 0.292. The van der Waals surface area contributed by atoms with Gasteiger partial charge in [-0.15, -0.1) is 10.2 Å². The summed E-state index contributed by atoms with van der Waals surface area (Å²) < 4.78 is 12.6. The number of anilines is 1. The molecule has 1 aliphatic heterocycles. The third kappa shape index (κ3) is 4.39. The van der Waals surface area contributed by atoms with Crippen molar-refractivity contribution in [3.8, 4) is 28.6 Å². The lowest BCUT2D eigenvalue weighted by Gasteiger charge is -2.34. The summed E-state index contributed by atoms with van der Waals surface area (Å²) >= 11 is 0. The van der Waals surface area contributed by atoms with E-state index in [4.69, 9.17) is 9.47 Å². The van der Waals surface area contributed by atoms with E-state index >= 15 is 0 Å². The molecule has 180 valence electrons. The van der Waals surface area contributed by atoms with Gasteiger partial charge in [-0.2, -0.15) is 5.10 Å². The molecule has 1 N–H and O–H groups in total. The highest BCUT2D eigenvalue weighted by molar-refractivity contribution is 5.93. The molecule has 35 heavy (non-hydrogen) atoms. The van der Waals surface area contributed by atoms with Crippen LogP contribution in [0.15, 0.2) is 48.8 Å². The average molecular weight is 475 g/mol. The predicted molar refractivity (Wildman–Crippen MR) is 129 cm³/mol. The Morgan fingerprint density at radius 3 is 2.40 bits per heavy atom. The summed E-state index contributed by atoms with van der Waals surface area (Å²) in [7, 11) is 3.20. The zero-order valence-corrected chi connectivity index (χ0v) is 19.8. The SMILES string of the molecule is COc1ccc(OC)c(-c2cc(C(=O)N3CCN(c4ccc(-n5ccnc5C)nn4)CC3)[nH]n2)c1. The molecule has 0 bridgehead atoms. The van der Waals surface area contributed by atoms with Crippen LogP contribution in [0.3, 0.4) is 0 Å². The van der Waals surface area contributed by atoms with Crippen LogP contribution < -0.4 is 14.4 Å². The van der Waals surface area contributed by atoms with E-state index in [1.54, 1.807) is 26.5 Å². The number of rotatable bonds is 6. The monoisotopic (exact) mass is 474 g/mol.